The minimum absolute atomic E-state index is 0.0541. The van der Waals surface area contributed by atoms with Gasteiger partial charge >= 0.3 is 0 Å². The average molecular weight is 574 g/mol. The Bertz CT molecular complexity index is 1850. The van der Waals surface area contributed by atoms with Crippen LogP contribution in [0, 0.1) is 6.92 Å². The number of thiazole rings is 1. The smallest absolute Gasteiger partial charge is 0.296 e. The van der Waals surface area contributed by atoms with Gasteiger partial charge in [0.25, 0.3) is 5.91 Å². The molecular weight excluding hydrogens is 550 g/mol. The van der Waals surface area contributed by atoms with Gasteiger partial charge in [0.05, 0.1) is 28.9 Å². The number of nitrogens with zero attached hydrogens (tertiary/aromatic N) is 3. The molecule has 0 saturated carbocycles. The van der Waals surface area contributed by atoms with Gasteiger partial charge in [0.2, 0.25) is 5.78 Å². The van der Waals surface area contributed by atoms with Crippen LogP contribution < -0.4 is 14.5 Å². The van der Waals surface area contributed by atoms with E-state index in [1.54, 1.807) is 12.1 Å². The first-order chi connectivity index (χ1) is 19.2. The van der Waals surface area contributed by atoms with E-state index in [1.807, 2.05) is 68.4 Å². The number of amides is 1. The molecule has 0 spiro atoms. The average Bonchev–Trinajstić information content (AvgIpc) is 3.61. The number of rotatable bonds is 6. The molecule has 1 amide bonds. The molecule has 3 heterocycles. The van der Waals surface area contributed by atoms with Gasteiger partial charge in [-0.05, 0) is 54.4 Å². The van der Waals surface area contributed by atoms with Crippen LogP contribution in [0.15, 0.2) is 76.4 Å². The second-order valence-corrected chi connectivity index (χ2v) is 11.2. The van der Waals surface area contributed by atoms with Crippen molar-refractivity contribution < 1.29 is 23.8 Å². The monoisotopic (exact) mass is 573 g/mol. The highest BCUT2D eigenvalue weighted by molar-refractivity contribution is 7.22. The third-order valence-corrected chi connectivity index (χ3v) is 8.14. The lowest BCUT2D eigenvalue weighted by Crippen LogP contribution is -2.31. The lowest BCUT2D eigenvalue weighted by molar-refractivity contribution is -0.117. The molecule has 40 heavy (non-hydrogen) atoms. The summed E-state index contributed by atoms with van der Waals surface area (Å²) in [6.45, 7) is 1.98. The van der Waals surface area contributed by atoms with Gasteiger partial charge in [-0.1, -0.05) is 41.1 Å². The molecule has 5 aromatic rings. The van der Waals surface area contributed by atoms with Crippen LogP contribution in [0.5, 0.6) is 5.75 Å². The SMILES string of the molecule is COc1cc(Cl)cc2cc(C(=O)C3=C(O)C(=O)N(c4nc5ccc(C)cc5s4)C3c3ccc(N(C)C)cc3)oc12. The summed E-state index contributed by atoms with van der Waals surface area (Å²) in [5.74, 6) is -1.67. The highest BCUT2D eigenvalue weighted by Gasteiger charge is 2.46. The lowest BCUT2D eigenvalue weighted by Gasteiger charge is -2.25. The summed E-state index contributed by atoms with van der Waals surface area (Å²) in [6, 6.07) is 17.1. The van der Waals surface area contributed by atoms with Gasteiger partial charge in [-0.25, -0.2) is 4.98 Å². The van der Waals surface area contributed by atoms with Crippen molar-refractivity contribution in [2.75, 3.05) is 31.0 Å². The minimum atomic E-state index is -0.934. The van der Waals surface area contributed by atoms with Crippen LogP contribution in [-0.4, -0.2) is 43.0 Å². The predicted molar refractivity (Wildman–Crippen MR) is 157 cm³/mol. The third kappa shape index (κ3) is 4.18. The van der Waals surface area contributed by atoms with Crippen molar-refractivity contribution in [2.45, 2.75) is 13.0 Å². The molecule has 0 radical (unpaired) electrons. The number of furan rings is 1. The molecule has 0 saturated heterocycles. The molecule has 1 N–H and O–H groups in total. The first-order valence-corrected chi connectivity index (χ1v) is 13.6. The van der Waals surface area contributed by atoms with Crippen LogP contribution in [-0.2, 0) is 4.79 Å². The number of anilines is 2. The Morgan fingerprint density at radius 2 is 1.88 bits per heavy atom. The molecule has 1 aliphatic heterocycles. The summed E-state index contributed by atoms with van der Waals surface area (Å²) >= 11 is 7.54. The Morgan fingerprint density at radius 1 is 1.12 bits per heavy atom. The van der Waals surface area contributed by atoms with Crippen molar-refractivity contribution >= 4 is 66.6 Å². The number of hydrogen-bond donors (Lipinski definition) is 1. The maximum absolute atomic E-state index is 14.0. The molecule has 0 bridgehead atoms. The zero-order valence-corrected chi connectivity index (χ0v) is 23.6. The van der Waals surface area contributed by atoms with Crippen LogP contribution >= 0.6 is 22.9 Å². The molecule has 1 unspecified atom stereocenters. The number of aliphatic hydroxyl groups is 1. The fraction of sp³-hybridized carbons (Fsp3) is 0.167. The van der Waals surface area contributed by atoms with E-state index in [0.29, 0.717) is 32.4 Å². The highest BCUT2D eigenvalue weighted by atomic mass is 35.5. The van der Waals surface area contributed by atoms with Crippen molar-refractivity contribution in [1.82, 2.24) is 4.98 Å². The highest BCUT2D eigenvalue weighted by Crippen LogP contribution is 2.45. The Morgan fingerprint density at radius 3 is 2.58 bits per heavy atom. The number of benzene rings is 3. The number of ether oxygens (including phenoxy) is 1. The third-order valence-electron chi connectivity index (χ3n) is 6.91. The van der Waals surface area contributed by atoms with Gasteiger partial charge in [0, 0.05) is 36.3 Å². The molecule has 3 aromatic carbocycles. The maximum atomic E-state index is 14.0. The number of aryl methyl sites for hydroxylation is 1. The fourth-order valence-electron chi connectivity index (χ4n) is 4.91. The van der Waals surface area contributed by atoms with E-state index in [9.17, 15) is 14.7 Å². The molecule has 202 valence electrons. The van der Waals surface area contributed by atoms with Crippen LogP contribution in [0.4, 0.5) is 10.8 Å². The molecule has 1 aliphatic rings. The van der Waals surface area contributed by atoms with Crippen LogP contribution in [0.2, 0.25) is 5.02 Å². The van der Waals surface area contributed by atoms with E-state index in [-0.39, 0.29) is 11.3 Å². The first-order valence-electron chi connectivity index (χ1n) is 12.4. The van der Waals surface area contributed by atoms with Gasteiger partial charge < -0.3 is 19.2 Å². The van der Waals surface area contributed by atoms with E-state index in [4.69, 9.17) is 20.8 Å². The van der Waals surface area contributed by atoms with Gasteiger partial charge in [-0.2, -0.15) is 0 Å². The normalized spacial score (nSPS) is 15.5. The minimum Gasteiger partial charge on any atom is -0.503 e. The number of fused-ring (bicyclic) bond motifs is 2. The van der Waals surface area contributed by atoms with Crippen molar-refractivity contribution in [2.24, 2.45) is 0 Å². The standard InChI is InChI=1S/C30H24ClN3O5S/c1-15-5-10-20-23(11-15)40-30(32-20)34-25(16-6-8-19(9-7-16)33(2)3)24(27(36)29(34)37)26(35)21-13-17-12-18(31)14-22(38-4)28(17)39-21/h5-14,25,36H,1-4H3. The number of halogens is 1. The van der Waals surface area contributed by atoms with Crippen molar-refractivity contribution in [3.8, 4) is 5.75 Å². The number of methoxy groups -OCH3 is 1. The molecule has 6 rings (SSSR count). The molecule has 10 heteroatoms. The molecule has 2 aromatic heterocycles. The topological polar surface area (TPSA) is 96.1 Å². The van der Waals surface area contributed by atoms with E-state index in [0.717, 1.165) is 21.5 Å². The number of hydrogen-bond acceptors (Lipinski definition) is 8. The second-order valence-electron chi connectivity index (χ2n) is 9.76. The number of aliphatic hydroxyl groups excluding tert-OH is 1. The summed E-state index contributed by atoms with van der Waals surface area (Å²) in [5.41, 5.74) is 3.60. The summed E-state index contributed by atoms with van der Waals surface area (Å²) < 4.78 is 12.2. The molecule has 1 atom stereocenters. The van der Waals surface area contributed by atoms with E-state index < -0.39 is 23.5 Å². The number of ketones is 1. The van der Waals surface area contributed by atoms with Gasteiger partial charge in [-0.15, -0.1) is 0 Å². The molecule has 0 fully saturated rings. The zero-order valence-electron chi connectivity index (χ0n) is 22.1. The Labute approximate surface area is 238 Å². The summed E-state index contributed by atoms with van der Waals surface area (Å²) in [4.78, 5) is 35.7. The first kappa shape index (κ1) is 25.9. The number of carbonyl (C=O) groups is 2. The van der Waals surface area contributed by atoms with Crippen molar-refractivity contribution in [3.63, 3.8) is 0 Å². The number of carbonyl (C=O) groups excluding carboxylic acids is 2. The molecular formula is C30H24ClN3O5S. The number of Topliss-reactive ketones (excluding diaryl/α,β-unsaturated/α-hetero) is 1. The molecule has 8 nitrogen and oxygen atoms in total. The van der Waals surface area contributed by atoms with Crippen LogP contribution in [0.25, 0.3) is 21.2 Å². The van der Waals surface area contributed by atoms with E-state index in [1.165, 1.54) is 29.4 Å². The summed E-state index contributed by atoms with van der Waals surface area (Å²) in [6.07, 6.45) is 0. The van der Waals surface area contributed by atoms with E-state index >= 15 is 0 Å². The van der Waals surface area contributed by atoms with E-state index in [2.05, 4.69) is 4.98 Å². The van der Waals surface area contributed by atoms with Gasteiger partial charge in [0.15, 0.2) is 28.0 Å². The fourth-order valence-corrected chi connectivity index (χ4v) is 6.22. The number of aromatic nitrogens is 1. The maximum Gasteiger partial charge on any atom is 0.296 e. The van der Waals surface area contributed by atoms with Crippen LogP contribution in [0.3, 0.4) is 0 Å². The van der Waals surface area contributed by atoms with Gasteiger partial charge in [0.1, 0.15) is 0 Å². The van der Waals surface area contributed by atoms with Crippen LogP contribution in [0.1, 0.15) is 27.7 Å². The quantitative estimate of drug-likeness (QED) is 0.222. The predicted octanol–water partition coefficient (Wildman–Crippen LogP) is 6.86. The van der Waals surface area contributed by atoms with Crippen molar-refractivity contribution in [1.29, 1.82) is 0 Å². The molecule has 0 aliphatic carbocycles. The largest absolute Gasteiger partial charge is 0.503 e. The Hall–Kier alpha value is -4.34. The Kier molecular flexibility index (Phi) is 6.28. The lowest BCUT2D eigenvalue weighted by atomic mass is 9.95. The van der Waals surface area contributed by atoms with Gasteiger partial charge in [-0.3, -0.25) is 14.5 Å². The van der Waals surface area contributed by atoms with Crippen molar-refractivity contribution in [3.05, 3.63) is 93.9 Å². The summed E-state index contributed by atoms with van der Waals surface area (Å²) in [7, 11) is 5.32. The Balaban J connectivity index is 1.51. The zero-order chi connectivity index (χ0) is 28.3. The summed E-state index contributed by atoms with van der Waals surface area (Å²) in [5, 5.41) is 12.5. The second kappa shape index (κ2) is 9.69.